The second-order valence-corrected chi connectivity index (χ2v) is 7.15. The van der Waals surface area contributed by atoms with Crippen LogP contribution in [0.2, 0.25) is 0 Å². The molecule has 0 aliphatic heterocycles. The molecule has 0 aromatic carbocycles. The molecule has 0 aromatic heterocycles. The first kappa shape index (κ1) is 14.8. The van der Waals surface area contributed by atoms with Crippen molar-refractivity contribution in [3.05, 3.63) is 0 Å². The van der Waals surface area contributed by atoms with E-state index in [1.54, 1.807) is 0 Å². The van der Waals surface area contributed by atoms with Gasteiger partial charge in [-0.15, -0.1) is 0 Å². The third-order valence-corrected chi connectivity index (χ3v) is 4.96. The number of carbonyl (C=O) groups is 1. The predicted molar refractivity (Wildman–Crippen MR) is 78.6 cm³/mol. The van der Waals surface area contributed by atoms with Crippen molar-refractivity contribution in [2.45, 2.75) is 64.8 Å². The summed E-state index contributed by atoms with van der Waals surface area (Å²) < 4.78 is 0. The van der Waals surface area contributed by atoms with Crippen LogP contribution < -0.4 is 11.1 Å². The molecule has 0 heterocycles. The lowest BCUT2D eigenvalue weighted by Crippen LogP contribution is -2.41. The number of hydrogen-bond donors (Lipinski definition) is 2. The number of carbonyl (C=O) groups excluding carboxylic acids is 1. The average Bonchev–Trinajstić information content (AvgIpc) is 2.35. The van der Waals surface area contributed by atoms with Gasteiger partial charge in [0.25, 0.3) is 0 Å². The van der Waals surface area contributed by atoms with Crippen LogP contribution in [0, 0.1) is 23.7 Å². The third kappa shape index (κ3) is 4.48. The summed E-state index contributed by atoms with van der Waals surface area (Å²) in [6.45, 7) is 5.42. The van der Waals surface area contributed by atoms with E-state index in [1.165, 1.54) is 25.7 Å². The molecule has 3 heteroatoms. The Labute approximate surface area is 117 Å². The Morgan fingerprint density at radius 3 is 2.58 bits per heavy atom. The second kappa shape index (κ2) is 6.74. The van der Waals surface area contributed by atoms with Crippen LogP contribution in [0.1, 0.15) is 58.8 Å². The highest BCUT2D eigenvalue weighted by atomic mass is 16.1. The van der Waals surface area contributed by atoms with E-state index in [4.69, 9.17) is 5.73 Å². The van der Waals surface area contributed by atoms with Crippen molar-refractivity contribution in [1.29, 1.82) is 0 Å². The summed E-state index contributed by atoms with van der Waals surface area (Å²) in [5, 5.41) is 3.19. The van der Waals surface area contributed by atoms with Crippen LogP contribution in [0.25, 0.3) is 0 Å². The molecule has 5 atom stereocenters. The first-order chi connectivity index (χ1) is 9.04. The lowest BCUT2D eigenvalue weighted by molar-refractivity contribution is -0.126. The predicted octanol–water partition coefficient (Wildman–Crippen LogP) is 2.69. The van der Waals surface area contributed by atoms with Gasteiger partial charge in [-0.2, -0.15) is 0 Å². The zero-order valence-electron chi connectivity index (χ0n) is 12.5. The minimum Gasteiger partial charge on any atom is -0.356 e. The van der Waals surface area contributed by atoms with Gasteiger partial charge < -0.3 is 11.1 Å². The largest absolute Gasteiger partial charge is 0.356 e. The van der Waals surface area contributed by atoms with Crippen LogP contribution >= 0.6 is 0 Å². The lowest BCUT2D eigenvalue weighted by atomic mass is 9.79. The molecule has 3 nitrogen and oxygen atoms in total. The number of nitrogens with one attached hydrogen (secondary N) is 1. The van der Waals surface area contributed by atoms with Crippen LogP contribution in [0.3, 0.4) is 0 Å². The molecule has 2 rings (SSSR count). The van der Waals surface area contributed by atoms with E-state index in [2.05, 4.69) is 19.2 Å². The molecule has 2 aliphatic carbocycles. The molecule has 0 saturated heterocycles. The molecule has 0 bridgehead atoms. The lowest BCUT2D eigenvalue weighted by Gasteiger charge is -2.31. The van der Waals surface area contributed by atoms with Crippen molar-refractivity contribution in [1.82, 2.24) is 5.32 Å². The normalized spacial score (nSPS) is 39.8. The van der Waals surface area contributed by atoms with E-state index >= 15 is 0 Å². The molecule has 19 heavy (non-hydrogen) atoms. The molecule has 5 unspecified atom stereocenters. The molecule has 0 aromatic rings. The van der Waals surface area contributed by atoms with Crippen molar-refractivity contribution in [2.24, 2.45) is 29.4 Å². The molecular formula is C16H30N2O. The molecule has 0 radical (unpaired) electrons. The van der Waals surface area contributed by atoms with Crippen LogP contribution in [-0.2, 0) is 4.79 Å². The van der Waals surface area contributed by atoms with Gasteiger partial charge in [-0.1, -0.05) is 26.7 Å². The number of amides is 1. The van der Waals surface area contributed by atoms with Crippen LogP contribution in [-0.4, -0.2) is 18.5 Å². The highest BCUT2D eigenvalue weighted by Gasteiger charge is 2.29. The van der Waals surface area contributed by atoms with Crippen molar-refractivity contribution >= 4 is 5.91 Å². The average molecular weight is 266 g/mol. The summed E-state index contributed by atoms with van der Waals surface area (Å²) in [5.74, 6) is 2.52. The van der Waals surface area contributed by atoms with E-state index < -0.39 is 0 Å². The monoisotopic (exact) mass is 266 g/mol. The molecular weight excluding hydrogens is 236 g/mol. The van der Waals surface area contributed by atoms with Crippen molar-refractivity contribution in [2.75, 3.05) is 6.54 Å². The van der Waals surface area contributed by atoms with Gasteiger partial charge in [0.2, 0.25) is 5.91 Å². The molecule has 2 fully saturated rings. The molecule has 2 saturated carbocycles. The maximum atomic E-state index is 12.2. The highest BCUT2D eigenvalue weighted by Crippen LogP contribution is 2.30. The molecule has 1 amide bonds. The van der Waals surface area contributed by atoms with Gasteiger partial charge in [-0.25, -0.2) is 0 Å². The van der Waals surface area contributed by atoms with Gasteiger partial charge in [0.1, 0.15) is 0 Å². The first-order valence-electron chi connectivity index (χ1n) is 8.08. The van der Waals surface area contributed by atoms with E-state index in [0.717, 1.165) is 31.7 Å². The molecule has 110 valence electrons. The Kier molecular flexibility index (Phi) is 5.26. The fourth-order valence-electron chi connectivity index (χ4n) is 4.01. The van der Waals surface area contributed by atoms with Gasteiger partial charge in [0.15, 0.2) is 0 Å². The third-order valence-electron chi connectivity index (χ3n) is 4.96. The van der Waals surface area contributed by atoms with Gasteiger partial charge in [0, 0.05) is 18.5 Å². The standard InChI is InChI=1S/C16H30N2O/c1-11-4-3-5-13(6-11)10-18-16(19)14-7-12(2)8-15(17)9-14/h11-15H,3-10,17H2,1-2H3,(H,18,19). The highest BCUT2D eigenvalue weighted by molar-refractivity contribution is 5.78. The van der Waals surface area contributed by atoms with E-state index in [-0.39, 0.29) is 17.9 Å². The second-order valence-electron chi connectivity index (χ2n) is 7.15. The minimum absolute atomic E-state index is 0.153. The maximum absolute atomic E-state index is 12.2. The van der Waals surface area contributed by atoms with Crippen molar-refractivity contribution in [3.63, 3.8) is 0 Å². The van der Waals surface area contributed by atoms with Crippen LogP contribution in [0.15, 0.2) is 0 Å². The Hall–Kier alpha value is -0.570. The summed E-state index contributed by atoms with van der Waals surface area (Å²) in [4.78, 5) is 12.2. The maximum Gasteiger partial charge on any atom is 0.223 e. The quantitative estimate of drug-likeness (QED) is 0.825. The summed E-state index contributed by atoms with van der Waals surface area (Å²) in [6.07, 6.45) is 8.21. The fraction of sp³-hybridized carbons (Fsp3) is 0.938. The van der Waals surface area contributed by atoms with E-state index in [1.807, 2.05) is 0 Å². The van der Waals surface area contributed by atoms with Gasteiger partial charge in [0.05, 0.1) is 0 Å². The van der Waals surface area contributed by atoms with Gasteiger partial charge in [-0.3, -0.25) is 4.79 Å². The Balaban J connectivity index is 1.74. The zero-order valence-corrected chi connectivity index (χ0v) is 12.5. The number of nitrogens with two attached hydrogens (primary N) is 1. The van der Waals surface area contributed by atoms with Crippen molar-refractivity contribution < 1.29 is 4.79 Å². The Morgan fingerprint density at radius 1 is 1.11 bits per heavy atom. The summed E-state index contributed by atoms with van der Waals surface area (Å²) in [6, 6.07) is 0.217. The number of hydrogen-bond acceptors (Lipinski definition) is 2. The first-order valence-corrected chi connectivity index (χ1v) is 8.08. The molecule has 3 N–H and O–H groups in total. The smallest absolute Gasteiger partial charge is 0.223 e. The van der Waals surface area contributed by atoms with Gasteiger partial charge >= 0.3 is 0 Å². The Bertz CT molecular complexity index is 295. The number of rotatable bonds is 3. The van der Waals surface area contributed by atoms with Crippen molar-refractivity contribution in [3.8, 4) is 0 Å². The fourth-order valence-corrected chi connectivity index (χ4v) is 4.01. The summed E-state index contributed by atoms with van der Waals surface area (Å²) in [7, 11) is 0. The molecule has 2 aliphatic rings. The van der Waals surface area contributed by atoms with Crippen LogP contribution in [0.5, 0.6) is 0 Å². The summed E-state index contributed by atoms with van der Waals surface area (Å²) >= 11 is 0. The Morgan fingerprint density at radius 2 is 1.89 bits per heavy atom. The van der Waals surface area contributed by atoms with E-state index in [9.17, 15) is 4.79 Å². The molecule has 0 spiro atoms. The topological polar surface area (TPSA) is 55.1 Å². The van der Waals surface area contributed by atoms with Crippen LogP contribution in [0.4, 0.5) is 0 Å². The minimum atomic E-state index is 0.153. The zero-order chi connectivity index (χ0) is 13.8. The summed E-state index contributed by atoms with van der Waals surface area (Å²) in [5.41, 5.74) is 6.03. The van der Waals surface area contributed by atoms with E-state index in [0.29, 0.717) is 11.8 Å². The van der Waals surface area contributed by atoms with Gasteiger partial charge in [-0.05, 0) is 49.9 Å². The SMILES string of the molecule is CC1CCCC(CNC(=O)C2CC(C)CC(N)C2)C1.